The second kappa shape index (κ2) is 9.39. The van der Waals surface area contributed by atoms with Crippen molar-refractivity contribution < 1.29 is 23.5 Å². The minimum atomic E-state index is -0.985. The average Bonchev–Trinajstić information content (AvgIpc) is 3.11. The molecule has 1 N–H and O–H groups in total. The van der Waals surface area contributed by atoms with Crippen molar-refractivity contribution in [2.24, 2.45) is 0 Å². The third kappa shape index (κ3) is 4.84. The van der Waals surface area contributed by atoms with Crippen LogP contribution in [0.3, 0.4) is 0 Å². The van der Waals surface area contributed by atoms with E-state index in [1.807, 2.05) is 49.4 Å². The molecule has 0 bridgehead atoms. The molecule has 0 aliphatic carbocycles. The zero-order valence-electron chi connectivity index (χ0n) is 16.9. The van der Waals surface area contributed by atoms with Gasteiger partial charge in [-0.3, -0.25) is 4.79 Å². The van der Waals surface area contributed by atoms with Gasteiger partial charge in [-0.15, -0.1) is 0 Å². The predicted molar refractivity (Wildman–Crippen MR) is 111 cm³/mol. The summed E-state index contributed by atoms with van der Waals surface area (Å²) < 4.78 is 16.5. The van der Waals surface area contributed by atoms with Crippen molar-refractivity contribution in [3.63, 3.8) is 0 Å². The van der Waals surface area contributed by atoms with Crippen molar-refractivity contribution in [2.75, 3.05) is 11.9 Å². The van der Waals surface area contributed by atoms with E-state index in [1.54, 1.807) is 6.07 Å². The van der Waals surface area contributed by atoms with Crippen LogP contribution >= 0.6 is 0 Å². The number of amides is 1. The fourth-order valence-corrected chi connectivity index (χ4v) is 2.95. The lowest BCUT2D eigenvalue weighted by molar-refractivity contribution is -0.123. The van der Waals surface area contributed by atoms with Gasteiger partial charge in [0.05, 0.1) is 6.61 Å². The molecule has 0 saturated heterocycles. The summed E-state index contributed by atoms with van der Waals surface area (Å²) in [6.45, 7) is 6.19. The molecule has 152 valence electrons. The largest absolute Gasteiger partial charge is 0.449 e. The number of hydrogen-bond donors (Lipinski definition) is 1. The number of aryl methyl sites for hydroxylation is 1. The SMILES string of the molecule is CCOCc1c(C(=O)OC(C)C(=O)Nc2ccc(CC)cc2)oc2ccccc12. The molecule has 1 unspecified atom stereocenters. The van der Waals surface area contributed by atoms with Crippen molar-refractivity contribution in [3.8, 4) is 0 Å². The van der Waals surface area contributed by atoms with Gasteiger partial charge < -0.3 is 19.2 Å². The highest BCUT2D eigenvalue weighted by molar-refractivity contribution is 5.99. The third-order valence-corrected chi connectivity index (χ3v) is 4.62. The molecule has 1 atom stereocenters. The number of nitrogens with one attached hydrogen (secondary N) is 1. The van der Waals surface area contributed by atoms with E-state index in [0.29, 0.717) is 23.4 Å². The lowest BCUT2D eigenvalue weighted by atomic mass is 10.1. The molecule has 3 rings (SSSR count). The molecule has 6 nitrogen and oxygen atoms in total. The molecule has 0 saturated carbocycles. The molecule has 6 heteroatoms. The van der Waals surface area contributed by atoms with Gasteiger partial charge in [0.2, 0.25) is 5.76 Å². The van der Waals surface area contributed by atoms with Crippen molar-refractivity contribution in [1.82, 2.24) is 0 Å². The fraction of sp³-hybridized carbons (Fsp3) is 0.304. The van der Waals surface area contributed by atoms with Crippen molar-refractivity contribution in [3.05, 3.63) is 65.4 Å². The number of rotatable bonds is 8. The molecule has 3 aromatic rings. The minimum Gasteiger partial charge on any atom is -0.449 e. The zero-order chi connectivity index (χ0) is 20.8. The van der Waals surface area contributed by atoms with Crippen molar-refractivity contribution >= 4 is 28.5 Å². The normalized spacial score (nSPS) is 12.0. The number of hydrogen-bond acceptors (Lipinski definition) is 5. The third-order valence-electron chi connectivity index (χ3n) is 4.62. The molecule has 0 spiro atoms. The highest BCUT2D eigenvalue weighted by Crippen LogP contribution is 2.27. The summed E-state index contributed by atoms with van der Waals surface area (Å²) in [5.74, 6) is -1.04. The van der Waals surface area contributed by atoms with E-state index >= 15 is 0 Å². The number of carbonyl (C=O) groups excluding carboxylic acids is 2. The molecule has 0 aliphatic heterocycles. The Kier molecular flexibility index (Phi) is 6.67. The summed E-state index contributed by atoms with van der Waals surface area (Å²) in [7, 11) is 0. The monoisotopic (exact) mass is 395 g/mol. The van der Waals surface area contributed by atoms with Crippen LogP contribution in [0.4, 0.5) is 5.69 Å². The Balaban J connectivity index is 1.72. The maximum Gasteiger partial charge on any atom is 0.375 e. The van der Waals surface area contributed by atoms with E-state index in [9.17, 15) is 9.59 Å². The topological polar surface area (TPSA) is 77.8 Å². The molecule has 0 aliphatic rings. The molecule has 29 heavy (non-hydrogen) atoms. The van der Waals surface area contributed by atoms with Crippen LogP contribution < -0.4 is 5.32 Å². The Hall–Kier alpha value is -3.12. The number of esters is 1. The number of ether oxygens (including phenoxy) is 2. The van der Waals surface area contributed by atoms with Crippen LogP contribution in [0.1, 0.15) is 42.5 Å². The first kappa shape index (κ1) is 20.6. The molecular formula is C23H25NO5. The van der Waals surface area contributed by atoms with Crippen molar-refractivity contribution in [2.45, 2.75) is 39.9 Å². The van der Waals surface area contributed by atoms with E-state index in [1.165, 1.54) is 12.5 Å². The number of fused-ring (bicyclic) bond motifs is 1. The predicted octanol–water partition coefficient (Wildman–Crippen LogP) is 4.72. The Morgan fingerprint density at radius 2 is 1.79 bits per heavy atom. The summed E-state index contributed by atoms with van der Waals surface area (Å²) in [5.41, 5.74) is 3.02. The van der Waals surface area contributed by atoms with Gasteiger partial charge in [0.1, 0.15) is 5.58 Å². The summed E-state index contributed by atoms with van der Waals surface area (Å²) >= 11 is 0. The first-order valence-electron chi connectivity index (χ1n) is 9.72. The Labute approximate surface area is 169 Å². The number of benzene rings is 2. The first-order valence-corrected chi connectivity index (χ1v) is 9.72. The average molecular weight is 395 g/mol. The maximum absolute atomic E-state index is 12.7. The van der Waals surface area contributed by atoms with Crippen LogP contribution in [0, 0.1) is 0 Å². The van der Waals surface area contributed by atoms with E-state index in [2.05, 4.69) is 12.2 Å². The fourth-order valence-electron chi connectivity index (χ4n) is 2.95. The van der Waals surface area contributed by atoms with Gasteiger partial charge in [-0.1, -0.05) is 37.3 Å². The summed E-state index contributed by atoms with van der Waals surface area (Å²) in [5, 5.41) is 3.55. The lowest BCUT2D eigenvalue weighted by Gasteiger charge is -2.13. The quantitative estimate of drug-likeness (QED) is 0.559. The van der Waals surface area contributed by atoms with Crippen LogP contribution in [-0.4, -0.2) is 24.6 Å². The highest BCUT2D eigenvalue weighted by atomic mass is 16.6. The summed E-state index contributed by atoms with van der Waals surface area (Å²) in [4.78, 5) is 25.1. The van der Waals surface area contributed by atoms with E-state index in [0.717, 1.165) is 11.8 Å². The van der Waals surface area contributed by atoms with Crippen molar-refractivity contribution in [1.29, 1.82) is 0 Å². The molecule has 0 radical (unpaired) electrons. The Morgan fingerprint density at radius 1 is 1.07 bits per heavy atom. The Morgan fingerprint density at radius 3 is 2.48 bits per heavy atom. The molecule has 2 aromatic carbocycles. The van der Waals surface area contributed by atoms with E-state index in [-0.39, 0.29) is 12.4 Å². The highest BCUT2D eigenvalue weighted by Gasteiger charge is 2.26. The number of carbonyl (C=O) groups is 2. The van der Waals surface area contributed by atoms with Gasteiger partial charge in [-0.05, 0) is 44.0 Å². The smallest absolute Gasteiger partial charge is 0.375 e. The van der Waals surface area contributed by atoms with Crippen LogP contribution in [0.5, 0.6) is 0 Å². The number of anilines is 1. The van der Waals surface area contributed by atoms with E-state index < -0.39 is 18.0 Å². The molecule has 1 amide bonds. The lowest BCUT2D eigenvalue weighted by Crippen LogP contribution is -2.30. The number of para-hydroxylation sites is 1. The standard InChI is InChI=1S/C23H25NO5/c1-4-16-10-12-17(13-11-16)24-22(25)15(3)28-23(26)21-19(14-27-5-2)18-8-6-7-9-20(18)29-21/h6-13,15H,4-5,14H2,1-3H3,(H,24,25). The number of furan rings is 1. The van der Waals surface area contributed by atoms with Gasteiger partial charge in [0.15, 0.2) is 6.10 Å². The van der Waals surface area contributed by atoms with Gasteiger partial charge in [-0.2, -0.15) is 0 Å². The molecule has 1 aromatic heterocycles. The van der Waals surface area contributed by atoms with Gasteiger partial charge in [-0.25, -0.2) is 4.79 Å². The zero-order valence-corrected chi connectivity index (χ0v) is 16.9. The van der Waals surface area contributed by atoms with E-state index in [4.69, 9.17) is 13.9 Å². The molecule has 1 heterocycles. The Bertz CT molecular complexity index is 990. The first-order chi connectivity index (χ1) is 14.0. The van der Waals surface area contributed by atoms with Crippen LogP contribution in [-0.2, 0) is 27.3 Å². The maximum atomic E-state index is 12.7. The second-order valence-electron chi connectivity index (χ2n) is 6.63. The van der Waals surface area contributed by atoms with Gasteiger partial charge in [0.25, 0.3) is 5.91 Å². The van der Waals surface area contributed by atoms with Crippen LogP contribution in [0.25, 0.3) is 11.0 Å². The molecule has 0 fully saturated rings. The second-order valence-corrected chi connectivity index (χ2v) is 6.63. The minimum absolute atomic E-state index is 0.0617. The van der Waals surface area contributed by atoms with Gasteiger partial charge >= 0.3 is 5.97 Å². The van der Waals surface area contributed by atoms with Gasteiger partial charge in [0, 0.05) is 23.2 Å². The summed E-state index contributed by atoms with van der Waals surface area (Å²) in [6, 6.07) is 14.9. The van der Waals surface area contributed by atoms with Crippen LogP contribution in [0.15, 0.2) is 52.9 Å². The van der Waals surface area contributed by atoms with Crippen LogP contribution in [0.2, 0.25) is 0 Å². The summed E-state index contributed by atoms with van der Waals surface area (Å²) in [6.07, 6.45) is -0.0643. The molecular weight excluding hydrogens is 370 g/mol.